The maximum absolute atomic E-state index is 13.3. The molecular formula is C15H11F2N5O. The van der Waals surface area contributed by atoms with E-state index in [2.05, 4.69) is 20.8 Å². The largest absolute Gasteiger partial charge is 0.345 e. The van der Waals surface area contributed by atoms with Gasteiger partial charge in [-0.25, -0.2) is 8.78 Å². The quantitative estimate of drug-likeness (QED) is 0.798. The third kappa shape index (κ3) is 3.37. The molecule has 0 fully saturated rings. The molecular weight excluding hydrogens is 304 g/mol. The molecule has 23 heavy (non-hydrogen) atoms. The highest BCUT2D eigenvalue weighted by Gasteiger charge is 2.11. The van der Waals surface area contributed by atoms with Gasteiger partial charge in [0.05, 0.1) is 12.2 Å². The van der Waals surface area contributed by atoms with E-state index < -0.39 is 17.5 Å². The Hall–Kier alpha value is -3.16. The van der Waals surface area contributed by atoms with Crippen molar-refractivity contribution < 1.29 is 13.6 Å². The molecule has 8 heteroatoms. The number of tetrazole rings is 1. The zero-order valence-electron chi connectivity index (χ0n) is 11.8. The summed E-state index contributed by atoms with van der Waals surface area (Å²) in [6.45, 7) is 0.0414. The lowest BCUT2D eigenvalue weighted by atomic mass is 10.2. The number of rotatable bonds is 4. The van der Waals surface area contributed by atoms with Gasteiger partial charge in [0.25, 0.3) is 5.91 Å². The van der Waals surface area contributed by atoms with Crippen LogP contribution in [0.15, 0.2) is 48.5 Å². The summed E-state index contributed by atoms with van der Waals surface area (Å²) < 4.78 is 27.4. The number of hydrogen-bond acceptors (Lipinski definition) is 4. The normalized spacial score (nSPS) is 10.5. The third-order valence-electron chi connectivity index (χ3n) is 3.10. The summed E-state index contributed by atoms with van der Waals surface area (Å²) in [7, 11) is 0. The first kappa shape index (κ1) is 14.8. The molecule has 0 atom stereocenters. The van der Waals surface area contributed by atoms with Crippen LogP contribution in [0.5, 0.6) is 0 Å². The number of aromatic nitrogens is 4. The predicted molar refractivity (Wildman–Crippen MR) is 76.7 cm³/mol. The molecule has 0 spiro atoms. The lowest BCUT2D eigenvalue weighted by Gasteiger charge is -2.06. The first-order valence-electron chi connectivity index (χ1n) is 6.70. The van der Waals surface area contributed by atoms with Crippen LogP contribution in [-0.2, 0) is 6.54 Å². The molecule has 0 saturated carbocycles. The minimum Gasteiger partial charge on any atom is -0.345 e. The standard InChI is InChI=1S/C15H11F2N5O/c16-11-6-4-10(5-7-11)15(23)18-9-14-19-20-21-22(14)13-3-1-2-12(17)8-13/h1-8H,9H2,(H,18,23). The molecule has 116 valence electrons. The predicted octanol–water partition coefficient (Wildman–Crippen LogP) is 1.87. The Balaban J connectivity index is 1.73. The van der Waals surface area contributed by atoms with E-state index >= 15 is 0 Å². The third-order valence-corrected chi connectivity index (χ3v) is 3.10. The van der Waals surface area contributed by atoms with E-state index in [0.29, 0.717) is 17.1 Å². The van der Waals surface area contributed by atoms with E-state index in [1.807, 2.05) is 0 Å². The van der Waals surface area contributed by atoms with Crippen LogP contribution in [0.2, 0.25) is 0 Å². The second-order valence-corrected chi connectivity index (χ2v) is 4.68. The highest BCUT2D eigenvalue weighted by atomic mass is 19.1. The molecule has 0 aliphatic rings. The van der Waals surface area contributed by atoms with Gasteiger partial charge in [-0.3, -0.25) is 4.79 Å². The Bertz CT molecular complexity index is 832. The zero-order valence-corrected chi connectivity index (χ0v) is 11.8. The van der Waals surface area contributed by atoms with E-state index in [0.717, 1.165) is 0 Å². The van der Waals surface area contributed by atoms with Gasteiger partial charge >= 0.3 is 0 Å². The van der Waals surface area contributed by atoms with E-state index in [-0.39, 0.29) is 6.54 Å². The summed E-state index contributed by atoms with van der Waals surface area (Å²) in [6.07, 6.45) is 0. The summed E-state index contributed by atoms with van der Waals surface area (Å²) >= 11 is 0. The summed E-state index contributed by atoms with van der Waals surface area (Å²) in [5, 5.41) is 13.7. The molecule has 0 aliphatic carbocycles. The van der Waals surface area contributed by atoms with Crippen LogP contribution in [0.3, 0.4) is 0 Å². The molecule has 1 heterocycles. The minimum atomic E-state index is -0.420. The Morgan fingerprint density at radius 3 is 2.61 bits per heavy atom. The van der Waals surface area contributed by atoms with Crippen molar-refractivity contribution in [2.45, 2.75) is 6.54 Å². The van der Waals surface area contributed by atoms with Crippen molar-refractivity contribution in [1.82, 2.24) is 25.5 Å². The molecule has 1 amide bonds. The van der Waals surface area contributed by atoms with Gasteiger partial charge in [-0.2, -0.15) is 4.68 Å². The fourth-order valence-corrected chi connectivity index (χ4v) is 1.99. The van der Waals surface area contributed by atoms with Crippen LogP contribution < -0.4 is 5.32 Å². The maximum atomic E-state index is 13.3. The van der Waals surface area contributed by atoms with Gasteiger partial charge in [0.1, 0.15) is 11.6 Å². The van der Waals surface area contributed by atoms with Crippen molar-refractivity contribution in [3.05, 3.63) is 71.6 Å². The topological polar surface area (TPSA) is 72.7 Å². The van der Waals surface area contributed by atoms with Crippen LogP contribution in [-0.4, -0.2) is 26.1 Å². The average Bonchev–Trinajstić information content (AvgIpc) is 3.02. The van der Waals surface area contributed by atoms with E-state index in [1.54, 1.807) is 6.07 Å². The second-order valence-electron chi connectivity index (χ2n) is 4.68. The number of nitrogens with one attached hydrogen (secondary N) is 1. The van der Waals surface area contributed by atoms with Crippen molar-refractivity contribution in [2.75, 3.05) is 0 Å². The Labute approximate surface area is 129 Å². The first-order valence-corrected chi connectivity index (χ1v) is 6.70. The van der Waals surface area contributed by atoms with Gasteiger partial charge in [-0.15, -0.1) is 5.10 Å². The van der Waals surface area contributed by atoms with Crippen LogP contribution in [0, 0.1) is 11.6 Å². The lowest BCUT2D eigenvalue weighted by molar-refractivity contribution is 0.0949. The van der Waals surface area contributed by atoms with E-state index in [9.17, 15) is 13.6 Å². The highest BCUT2D eigenvalue weighted by Crippen LogP contribution is 2.10. The second kappa shape index (κ2) is 6.30. The molecule has 1 N–H and O–H groups in total. The van der Waals surface area contributed by atoms with Crippen molar-refractivity contribution in [1.29, 1.82) is 0 Å². The smallest absolute Gasteiger partial charge is 0.251 e. The molecule has 2 aromatic carbocycles. The van der Waals surface area contributed by atoms with Crippen molar-refractivity contribution >= 4 is 5.91 Å². The van der Waals surface area contributed by atoms with Gasteiger partial charge < -0.3 is 5.32 Å². The zero-order chi connectivity index (χ0) is 16.2. The Morgan fingerprint density at radius 1 is 1.09 bits per heavy atom. The van der Waals surface area contributed by atoms with Gasteiger partial charge in [0, 0.05) is 5.56 Å². The van der Waals surface area contributed by atoms with Gasteiger partial charge in [-0.05, 0) is 52.9 Å². The minimum absolute atomic E-state index is 0.0414. The number of carbonyl (C=O) groups excluding carboxylic acids is 1. The van der Waals surface area contributed by atoms with Crippen LogP contribution >= 0.6 is 0 Å². The molecule has 0 unspecified atom stereocenters. The van der Waals surface area contributed by atoms with Gasteiger partial charge in [-0.1, -0.05) is 6.07 Å². The van der Waals surface area contributed by atoms with E-state index in [1.165, 1.54) is 47.1 Å². The highest BCUT2D eigenvalue weighted by molar-refractivity contribution is 5.94. The molecule has 3 aromatic rings. The summed E-state index contributed by atoms with van der Waals surface area (Å²) in [5.74, 6) is -0.888. The number of amides is 1. The van der Waals surface area contributed by atoms with E-state index in [4.69, 9.17) is 0 Å². The number of benzene rings is 2. The molecule has 1 aromatic heterocycles. The molecule has 0 aliphatic heterocycles. The fraction of sp³-hybridized carbons (Fsp3) is 0.0667. The van der Waals surface area contributed by atoms with Crippen LogP contribution in [0.1, 0.15) is 16.2 Å². The van der Waals surface area contributed by atoms with Crippen molar-refractivity contribution in [3.8, 4) is 5.69 Å². The SMILES string of the molecule is O=C(NCc1nnnn1-c1cccc(F)c1)c1ccc(F)cc1. The molecule has 0 saturated heterocycles. The summed E-state index contributed by atoms with van der Waals surface area (Å²) in [6, 6.07) is 10.9. The Morgan fingerprint density at radius 2 is 1.87 bits per heavy atom. The fourth-order valence-electron chi connectivity index (χ4n) is 1.99. The summed E-state index contributed by atoms with van der Waals surface area (Å²) in [5.41, 5.74) is 0.761. The molecule has 3 rings (SSSR count). The number of halogens is 2. The van der Waals surface area contributed by atoms with Crippen LogP contribution in [0.4, 0.5) is 8.78 Å². The molecule has 0 radical (unpaired) electrons. The number of carbonyl (C=O) groups is 1. The van der Waals surface area contributed by atoms with Gasteiger partial charge in [0.15, 0.2) is 5.82 Å². The summed E-state index contributed by atoms with van der Waals surface area (Å²) in [4.78, 5) is 12.0. The number of nitrogens with zero attached hydrogens (tertiary/aromatic N) is 4. The average molecular weight is 315 g/mol. The molecule has 6 nitrogen and oxygen atoms in total. The Kier molecular flexibility index (Phi) is 4.05. The molecule has 0 bridgehead atoms. The lowest BCUT2D eigenvalue weighted by Crippen LogP contribution is -2.24. The monoisotopic (exact) mass is 315 g/mol. The van der Waals surface area contributed by atoms with Crippen molar-refractivity contribution in [3.63, 3.8) is 0 Å². The van der Waals surface area contributed by atoms with Crippen LogP contribution in [0.25, 0.3) is 5.69 Å². The number of hydrogen-bond donors (Lipinski definition) is 1. The first-order chi connectivity index (χ1) is 11.1. The maximum Gasteiger partial charge on any atom is 0.251 e. The van der Waals surface area contributed by atoms with Gasteiger partial charge in [0.2, 0.25) is 0 Å². The van der Waals surface area contributed by atoms with Crippen molar-refractivity contribution in [2.24, 2.45) is 0 Å².